The Bertz CT molecular complexity index is 1680. The lowest BCUT2D eigenvalue weighted by Gasteiger charge is -2.30. The van der Waals surface area contributed by atoms with Crippen molar-refractivity contribution in [3.05, 3.63) is 182 Å². The summed E-state index contributed by atoms with van der Waals surface area (Å²) < 4.78 is 13.5. The minimum Gasteiger partial charge on any atom is -0.438 e. The zero-order valence-corrected chi connectivity index (χ0v) is 28.5. The maximum Gasteiger partial charge on any atom is 0.380 e. The van der Waals surface area contributed by atoms with Crippen LogP contribution in [0.1, 0.15) is 19.8 Å². The van der Waals surface area contributed by atoms with Crippen molar-refractivity contribution < 1.29 is 9.05 Å². The standard InChI is InChI=1S/C41H38N2O2Si2/c1-35(43-45-47(39-28-14-5-15-29-39,40-30-16-6-17-31-40)41-32-18-7-19-33-41)21-20-34-42-44-46(36-22-8-2-9-23-36,37-24-10-3-11-25-37)38-26-12-4-13-27-38/h2-19,22-34H,20-21H2,1H3. The lowest BCUT2D eigenvalue weighted by Crippen LogP contribution is -2.68. The Kier molecular flexibility index (Phi) is 10.3. The van der Waals surface area contributed by atoms with Crippen LogP contribution >= 0.6 is 0 Å². The first-order valence-corrected chi connectivity index (χ1v) is 19.8. The highest BCUT2D eigenvalue weighted by Crippen LogP contribution is 2.13. The predicted octanol–water partition coefficient (Wildman–Crippen LogP) is 5.50. The van der Waals surface area contributed by atoms with Gasteiger partial charge in [-0.25, -0.2) is 0 Å². The highest BCUT2D eigenvalue weighted by atomic mass is 28.4. The second kappa shape index (κ2) is 15.3. The van der Waals surface area contributed by atoms with Crippen LogP contribution in [0.2, 0.25) is 0 Å². The molecule has 0 spiro atoms. The minimum absolute atomic E-state index is 0.665. The third kappa shape index (κ3) is 6.94. The van der Waals surface area contributed by atoms with E-state index in [1.54, 1.807) is 0 Å². The number of oxime groups is 2. The molecular formula is C41H38N2O2Si2. The van der Waals surface area contributed by atoms with Gasteiger partial charge in [0, 0.05) is 6.21 Å². The highest BCUT2D eigenvalue weighted by Gasteiger charge is 2.46. The molecule has 0 radical (unpaired) electrons. The summed E-state index contributed by atoms with van der Waals surface area (Å²) in [5, 5.41) is 16.3. The molecule has 0 aliphatic rings. The summed E-state index contributed by atoms with van der Waals surface area (Å²) in [6.45, 7) is 2.02. The summed E-state index contributed by atoms with van der Waals surface area (Å²) in [5.74, 6) is 0. The normalized spacial score (nSPS) is 12.1. The Morgan fingerprint density at radius 1 is 0.447 bits per heavy atom. The zero-order valence-electron chi connectivity index (χ0n) is 26.5. The molecule has 0 N–H and O–H groups in total. The quantitative estimate of drug-likeness (QED) is 0.0721. The van der Waals surface area contributed by atoms with Crippen LogP contribution in [-0.2, 0) is 9.05 Å². The van der Waals surface area contributed by atoms with Gasteiger partial charge in [-0.3, -0.25) is 0 Å². The van der Waals surface area contributed by atoms with E-state index in [9.17, 15) is 0 Å². The molecule has 0 aliphatic carbocycles. The van der Waals surface area contributed by atoms with Crippen molar-refractivity contribution >= 4 is 59.7 Å². The Balaban J connectivity index is 1.26. The summed E-state index contributed by atoms with van der Waals surface area (Å²) in [7, 11) is -5.82. The van der Waals surface area contributed by atoms with Crippen LogP contribution in [0.3, 0.4) is 0 Å². The molecule has 0 aromatic heterocycles. The van der Waals surface area contributed by atoms with Crippen molar-refractivity contribution in [1.29, 1.82) is 0 Å². The van der Waals surface area contributed by atoms with E-state index in [-0.39, 0.29) is 0 Å². The summed E-state index contributed by atoms with van der Waals surface area (Å²) in [5.41, 5.74) is 0.897. The first-order chi connectivity index (χ1) is 23.2. The molecule has 0 amide bonds. The Hall–Kier alpha value is -5.31. The van der Waals surface area contributed by atoms with E-state index in [4.69, 9.17) is 14.2 Å². The summed E-state index contributed by atoms with van der Waals surface area (Å²) in [6, 6.07) is 62.9. The number of hydrogen-bond acceptors (Lipinski definition) is 4. The summed E-state index contributed by atoms with van der Waals surface area (Å²) >= 11 is 0. The summed E-state index contributed by atoms with van der Waals surface area (Å²) in [4.78, 5) is 0. The SMILES string of the molecule is CC(CCC=NO[Si](c1ccccc1)(c1ccccc1)c1ccccc1)=NO[Si](c1ccccc1)(c1ccccc1)c1ccccc1. The van der Waals surface area contributed by atoms with E-state index in [1.165, 1.54) is 0 Å². The van der Waals surface area contributed by atoms with Gasteiger partial charge >= 0.3 is 16.6 Å². The van der Waals surface area contributed by atoms with E-state index in [1.807, 2.05) is 49.5 Å². The Morgan fingerprint density at radius 3 is 1.02 bits per heavy atom. The molecular weight excluding hydrogens is 609 g/mol. The lowest BCUT2D eigenvalue weighted by molar-refractivity contribution is 0.346. The van der Waals surface area contributed by atoms with Crippen LogP contribution < -0.4 is 31.1 Å². The smallest absolute Gasteiger partial charge is 0.380 e. The van der Waals surface area contributed by atoms with Crippen LogP contribution in [0, 0.1) is 0 Å². The first kappa shape index (κ1) is 31.7. The molecule has 0 atom stereocenters. The fraction of sp³-hybridized carbons (Fsp3) is 0.0732. The first-order valence-electron chi connectivity index (χ1n) is 16.0. The second-order valence-electron chi connectivity index (χ2n) is 11.4. The fourth-order valence-corrected chi connectivity index (χ4v) is 13.1. The van der Waals surface area contributed by atoms with Gasteiger partial charge in [-0.15, -0.1) is 10.3 Å². The van der Waals surface area contributed by atoms with Gasteiger partial charge in [0.15, 0.2) is 0 Å². The molecule has 0 bridgehead atoms. The van der Waals surface area contributed by atoms with E-state index < -0.39 is 16.6 Å². The van der Waals surface area contributed by atoms with Crippen molar-refractivity contribution in [3.8, 4) is 0 Å². The van der Waals surface area contributed by atoms with Crippen LogP contribution in [0.25, 0.3) is 0 Å². The molecule has 6 aromatic carbocycles. The predicted molar refractivity (Wildman–Crippen MR) is 201 cm³/mol. The molecule has 6 heteroatoms. The molecule has 0 unspecified atom stereocenters. The molecule has 232 valence electrons. The molecule has 0 aliphatic heterocycles. The Labute approximate surface area is 279 Å². The van der Waals surface area contributed by atoms with Gasteiger partial charge in [0.25, 0.3) is 0 Å². The highest BCUT2D eigenvalue weighted by molar-refractivity contribution is 7.07. The molecule has 6 rings (SSSR count). The fourth-order valence-electron chi connectivity index (χ4n) is 5.99. The Morgan fingerprint density at radius 2 is 0.723 bits per heavy atom. The second-order valence-corrected chi connectivity index (χ2v) is 17.9. The number of hydrogen-bond donors (Lipinski definition) is 0. The average molecular weight is 647 g/mol. The van der Waals surface area contributed by atoms with E-state index in [0.29, 0.717) is 12.8 Å². The third-order valence-electron chi connectivity index (χ3n) is 8.32. The largest absolute Gasteiger partial charge is 0.438 e. The lowest BCUT2D eigenvalue weighted by atomic mass is 10.2. The van der Waals surface area contributed by atoms with Crippen molar-refractivity contribution in [1.82, 2.24) is 0 Å². The van der Waals surface area contributed by atoms with E-state index >= 15 is 0 Å². The number of nitrogens with zero attached hydrogens (tertiary/aromatic N) is 2. The van der Waals surface area contributed by atoms with Crippen LogP contribution in [-0.4, -0.2) is 28.6 Å². The molecule has 4 nitrogen and oxygen atoms in total. The van der Waals surface area contributed by atoms with Crippen molar-refractivity contribution in [2.75, 3.05) is 0 Å². The van der Waals surface area contributed by atoms with Crippen molar-refractivity contribution in [2.24, 2.45) is 10.3 Å². The van der Waals surface area contributed by atoms with Crippen molar-refractivity contribution in [2.45, 2.75) is 19.8 Å². The number of rotatable bonds is 13. The molecule has 0 fully saturated rings. The van der Waals surface area contributed by atoms with Crippen LogP contribution in [0.15, 0.2) is 192 Å². The minimum atomic E-state index is -2.92. The van der Waals surface area contributed by atoms with Crippen molar-refractivity contribution in [3.63, 3.8) is 0 Å². The van der Waals surface area contributed by atoms with E-state index in [0.717, 1.165) is 36.8 Å². The topological polar surface area (TPSA) is 43.2 Å². The zero-order chi connectivity index (χ0) is 32.2. The van der Waals surface area contributed by atoms with Gasteiger partial charge in [-0.2, -0.15) is 0 Å². The monoisotopic (exact) mass is 646 g/mol. The molecule has 0 saturated carbocycles. The van der Waals surface area contributed by atoms with Gasteiger partial charge in [0.1, 0.15) is 0 Å². The molecule has 6 aromatic rings. The maximum absolute atomic E-state index is 6.79. The third-order valence-corrected chi connectivity index (χ3v) is 15.9. The van der Waals surface area contributed by atoms with Gasteiger partial charge < -0.3 is 9.05 Å². The van der Waals surface area contributed by atoms with E-state index in [2.05, 4.69) is 151 Å². The molecule has 0 heterocycles. The van der Waals surface area contributed by atoms with Gasteiger partial charge in [-0.1, -0.05) is 182 Å². The maximum atomic E-state index is 6.79. The van der Waals surface area contributed by atoms with Crippen LogP contribution in [0.5, 0.6) is 0 Å². The van der Waals surface area contributed by atoms with Gasteiger partial charge in [0.05, 0.1) is 5.71 Å². The number of benzene rings is 6. The van der Waals surface area contributed by atoms with Gasteiger partial charge in [0.2, 0.25) is 0 Å². The van der Waals surface area contributed by atoms with Crippen LogP contribution in [0.4, 0.5) is 0 Å². The summed E-state index contributed by atoms with van der Waals surface area (Å²) in [6.07, 6.45) is 3.22. The van der Waals surface area contributed by atoms with Gasteiger partial charge in [-0.05, 0) is 50.9 Å². The molecule has 0 saturated heterocycles. The molecule has 47 heavy (non-hydrogen) atoms. The average Bonchev–Trinajstić information content (AvgIpc) is 3.16.